The third kappa shape index (κ3) is 3.01. The minimum Gasteiger partial charge on any atom is -0.497 e. The highest BCUT2D eigenvalue weighted by atomic mass is 16.5. The van der Waals surface area contributed by atoms with Crippen LogP contribution in [0.4, 0.5) is 5.69 Å². The summed E-state index contributed by atoms with van der Waals surface area (Å²) < 4.78 is 10.9. The molecule has 1 aromatic rings. The highest BCUT2D eigenvalue weighted by Crippen LogP contribution is 2.34. The highest BCUT2D eigenvalue weighted by molar-refractivity contribution is 5.62. The summed E-state index contributed by atoms with van der Waals surface area (Å²) in [7, 11) is 3.42. The lowest BCUT2D eigenvalue weighted by Crippen LogP contribution is -2.57. The number of hydrogen-bond donors (Lipinski definition) is 1. The number of nitrogens with zero attached hydrogens (tertiary/aromatic N) is 1. The van der Waals surface area contributed by atoms with Gasteiger partial charge in [-0.2, -0.15) is 0 Å². The van der Waals surface area contributed by atoms with E-state index in [0.29, 0.717) is 18.0 Å². The fraction of sp³-hybridized carbons (Fsp3) is 0.625. The molecule has 1 aliphatic rings. The molecule has 2 atom stereocenters. The quantitative estimate of drug-likeness (QED) is 0.917. The average molecular weight is 278 g/mol. The van der Waals surface area contributed by atoms with Crippen molar-refractivity contribution in [3.05, 3.63) is 18.2 Å². The average Bonchev–Trinajstić information content (AvgIpc) is 2.46. The molecule has 1 aliphatic heterocycles. The largest absolute Gasteiger partial charge is 0.497 e. The van der Waals surface area contributed by atoms with Crippen LogP contribution in [0, 0.1) is 5.92 Å². The van der Waals surface area contributed by atoms with Crippen LogP contribution >= 0.6 is 0 Å². The van der Waals surface area contributed by atoms with E-state index in [1.807, 2.05) is 12.1 Å². The van der Waals surface area contributed by atoms with Crippen molar-refractivity contribution in [3.63, 3.8) is 0 Å². The number of methoxy groups -OCH3 is 2. The molecule has 2 rings (SSSR count). The van der Waals surface area contributed by atoms with Crippen LogP contribution in [-0.4, -0.2) is 39.4 Å². The van der Waals surface area contributed by atoms with E-state index in [1.165, 1.54) is 0 Å². The molecule has 2 unspecified atom stereocenters. The molecule has 0 bridgehead atoms. The number of anilines is 1. The molecule has 1 saturated heterocycles. The molecular weight excluding hydrogens is 252 g/mol. The molecule has 1 fully saturated rings. The van der Waals surface area contributed by atoms with Crippen LogP contribution in [0.15, 0.2) is 18.2 Å². The summed E-state index contributed by atoms with van der Waals surface area (Å²) in [4.78, 5) is 2.42. The van der Waals surface area contributed by atoms with E-state index < -0.39 is 0 Å². The summed E-state index contributed by atoms with van der Waals surface area (Å²) in [5, 5.41) is 3.62. The van der Waals surface area contributed by atoms with Crippen molar-refractivity contribution in [2.75, 3.05) is 32.2 Å². The number of benzene rings is 1. The molecule has 0 aromatic heterocycles. The first-order chi connectivity index (χ1) is 9.56. The van der Waals surface area contributed by atoms with Gasteiger partial charge in [0, 0.05) is 31.2 Å². The third-order valence-electron chi connectivity index (χ3n) is 4.10. The summed E-state index contributed by atoms with van der Waals surface area (Å²) in [6.07, 6.45) is 0. The van der Waals surface area contributed by atoms with Crippen molar-refractivity contribution in [1.29, 1.82) is 0 Å². The van der Waals surface area contributed by atoms with Crippen LogP contribution in [0.1, 0.15) is 20.8 Å². The summed E-state index contributed by atoms with van der Waals surface area (Å²) in [6, 6.07) is 6.92. The Kier molecular flexibility index (Phi) is 4.76. The van der Waals surface area contributed by atoms with E-state index in [-0.39, 0.29) is 0 Å². The standard InChI is InChI=1S/C16H26N2O2/c1-11(2)14-10-18(12(3)9-17-14)15-8-13(19-4)6-7-16(15)20-5/h6-8,11-12,14,17H,9-10H2,1-5H3. The fourth-order valence-electron chi connectivity index (χ4n) is 2.69. The van der Waals surface area contributed by atoms with Gasteiger partial charge in [-0.3, -0.25) is 0 Å². The summed E-state index contributed by atoms with van der Waals surface area (Å²) >= 11 is 0. The predicted octanol–water partition coefficient (Wildman–Crippen LogP) is 2.53. The van der Waals surface area contributed by atoms with Gasteiger partial charge in [0.05, 0.1) is 19.9 Å². The molecule has 4 nitrogen and oxygen atoms in total. The van der Waals surface area contributed by atoms with E-state index >= 15 is 0 Å². The predicted molar refractivity (Wildman–Crippen MR) is 83.0 cm³/mol. The van der Waals surface area contributed by atoms with Crippen molar-refractivity contribution in [1.82, 2.24) is 5.32 Å². The maximum atomic E-state index is 5.52. The molecule has 20 heavy (non-hydrogen) atoms. The Bertz CT molecular complexity index is 448. The zero-order valence-electron chi connectivity index (χ0n) is 13.1. The smallest absolute Gasteiger partial charge is 0.142 e. The van der Waals surface area contributed by atoms with Crippen molar-refractivity contribution < 1.29 is 9.47 Å². The van der Waals surface area contributed by atoms with E-state index in [4.69, 9.17) is 9.47 Å². The van der Waals surface area contributed by atoms with Crippen molar-refractivity contribution in [2.45, 2.75) is 32.9 Å². The molecule has 0 amide bonds. The molecule has 0 radical (unpaired) electrons. The fourth-order valence-corrected chi connectivity index (χ4v) is 2.69. The Hall–Kier alpha value is -1.42. The van der Waals surface area contributed by atoms with Gasteiger partial charge in [0.2, 0.25) is 0 Å². The van der Waals surface area contributed by atoms with E-state index in [9.17, 15) is 0 Å². The first kappa shape index (κ1) is 15.0. The number of piperazine rings is 1. The second-order valence-corrected chi connectivity index (χ2v) is 5.80. The maximum Gasteiger partial charge on any atom is 0.142 e. The molecule has 0 aliphatic carbocycles. The zero-order valence-corrected chi connectivity index (χ0v) is 13.1. The van der Waals surface area contributed by atoms with Crippen molar-refractivity contribution in [3.8, 4) is 11.5 Å². The molecule has 1 heterocycles. The third-order valence-corrected chi connectivity index (χ3v) is 4.10. The van der Waals surface area contributed by atoms with E-state index in [1.54, 1.807) is 14.2 Å². The number of hydrogen-bond acceptors (Lipinski definition) is 4. The van der Waals surface area contributed by atoms with E-state index in [2.05, 4.69) is 37.1 Å². The lowest BCUT2D eigenvalue weighted by atomic mass is 9.99. The minimum atomic E-state index is 0.436. The molecule has 4 heteroatoms. The maximum absolute atomic E-state index is 5.52. The molecule has 0 spiro atoms. The zero-order chi connectivity index (χ0) is 14.7. The van der Waals surface area contributed by atoms with Crippen LogP contribution in [-0.2, 0) is 0 Å². The molecule has 0 saturated carbocycles. The topological polar surface area (TPSA) is 33.7 Å². The van der Waals surface area contributed by atoms with Gasteiger partial charge in [-0.15, -0.1) is 0 Å². The minimum absolute atomic E-state index is 0.436. The first-order valence-electron chi connectivity index (χ1n) is 7.28. The van der Waals surface area contributed by atoms with Gasteiger partial charge >= 0.3 is 0 Å². The summed E-state index contributed by atoms with van der Waals surface area (Å²) in [5.41, 5.74) is 1.12. The Balaban J connectivity index is 2.31. The second-order valence-electron chi connectivity index (χ2n) is 5.80. The van der Waals surface area contributed by atoms with Crippen LogP contribution in [0.5, 0.6) is 11.5 Å². The van der Waals surface area contributed by atoms with Gasteiger partial charge in [-0.1, -0.05) is 13.8 Å². The van der Waals surface area contributed by atoms with Gasteiger partial charge in [0.25, 0.3) is 0 Å². The molecule has 1 aromatic carbocycles. The normalized spacial score (nSPS) is 23.0. The lowest BCUT2D eigenvalue weighted by molar-refractivity contribution is 0.332. The number of rotatable bonds is 4. The van der Waals surface area contributed by atoms with Gasteiger partial charge in [-0.25, -0.2) is 0 Å². The Morgan fingerprint density at radius 1 is 1.25 bits per heavy atom. The SMILES string of the molecule is COc1ccc(OC)c(N2CC(C(C)C)NCC2C)c1. The van der Waals surface area contributed by atoms with Gasteiger partial charge in [0.1, 0.15) is 11.5 Å². The molecule has 1 N–H and O–H groups in total. The summed E-state index contributed by atoms with van der Waals surface area (Å²) in [5.74, 6) is 2.39. The van der Waals surface area contributed by atoms with Crippen LogP contribution in [0.2, 0.25) is 0 Å². The highest BCUT2D eigenvalue weighted by Gasteiger charge is 2.28. The Labute approximate surface area is 122 Å². The van der Waals surface area contributed by atoms with Gasteiger partial charge in [-0.05, 0) is 25.0 Å². The van der Waals surface area contributed by atoms with E-state index in [0.717, 1.165) is 30.3 Å². The van der Waals surface area contributed by atoms with Crippen molar-refractivity contribution >= 4 is 5.69 Å². The first-order valence-corrected chi connectivity index (χ1v) is 7.28. The monoisotopic (exact) mass is 278 g/mol. The van der Waals surface area contributed by atoms with Gasteiger partial charge in [0.15, 0.2) is 0 Å². The lowest BCUT2D eigenvalue weighted by Gasteiger charge is -2.42. The molecule has 112 valence electrons. The second kappa shape index (κ2) is 6.35. The van der Waals surface area contributed by atoms with Gasteiger partial charge < -0.3 is 19.7 Å². The summed E-state index contributed by atoms with van der Waals surface area (Å²) in [6.45, 7) is 8.73. The number of nitrogens with one attached hydrogen (secondary N) is 1. The van der Waals surface area contributed by atoms with Crippen molar-refractivity contribution in [2.24, 2.45) is 5.92 Å². The number of ether oxygens (including phenoxy) is 2. The van der Waals surface area contributed by atoms with Crippen LogP contribution in [0.3, 0.4) is 0 Å². The Morgan fingerprint density at radius 2 is 2.00 bits per heavy atom. The van der Waals surface area contributed by atoms with Crippen LogP contribution in [0.25, 0.3) is 0 Å². The van der Waals surface area contributed by atoms with Crippen LogP contribution < -0.4 is 19.7 Å². The molecular formula is C16H26N2O2. The Morgan fingerprint density at radius 3 is 2.60 bits per heavy atom.